The van der Waals surface area contributed by atoms with Crippen molar-refractivity contribution in [1.29, 1.82) is 0 Å². The molecule has 1 unspecified atom stereocenters. The molecule has 102 valence electrons. The zero-order valence-electron chi connectivity index (χ0n) is 11.6. The van der Waals surface area contributed by atoms with E-state index in [0.29, 0.717) is 12.6 Å². The molecule has 1 aromatic rings. The van der Waals surface area contributed by atoms with E-state index in [2.05, 4.69) is 23.7 Å². The molecule has 1 atom stereocenters. The van der Waals surface area contributed by atoms with Crippen LogP contribution in [0.5, 0.6) is 0 Å². The molecule has 0 spiro atoms. The molecule has 0 aliphatic carbocycles. The van der Waals surface area contributed by atoms with Crippen LogP contribution in [0, 0.1) is 0 Å². The molecule has 0 aromatic carbocycles. The molecule has 0 radical (unpaired) electrons. The quantitative estimate of drug-likeness (QED) is 0.715. The number of anilines is 1. The molecule has 1 rings (SSSR count). The molecule has 0 amide bonds. The molecule has 1 heterocycles. The Bertz CT molecular complexity index is 379. The fourth-order valence-corrected chi connectivity index (χ4v) is 2.59. The Kier molecular flexibility index (Phi) is 6.12. The maximum absolute atomic E-state index is 11.4. The van der Waals surface area contributed by atoms with Crippen molar-refractivity contribution < 1.29 is 9.53 Å². The van der Waals surface area contributed by atoms with Gasteiger partial charge < -0.3 is 9.64 Å². The van der Waals surface area contributed by atoms with Gasteiger partial charge in [-0.15, -0.1) is 11.3 Å². The average molecular weight is 270 g/mol. The Labute approximate surface area is 113 Å². The highest BCUT2D eigenvalue weighted by molar-refractivity contribution is 7.13. The molecule has 0 aliphatic rings. The van der Waals surface area contributed by atoms with E-state index in [1.807, 2.05) is 19.4 Å². The lowest BCUT2D eigenvalue weighted by molar-refractivity contribution is -0.142. The highest BCUT2D eigenvalue weighted by atomic mass is 32.1. The number of esters is 1. The number of hydrogen-bond donors (Lipinski definition) is 0. The van der Waals surface area contributed by atoms with Crippen LogP contribution in [0.4, 0.5) is 5.13 Å². The monoisotopic (exact) mass is 270 g/mol. The molecule has 0 N–H and O–H groups in total. The first-order valence-corrected chi connectivity index (χ1v) is 7.29. The van der Waals surface area contributed by atoms with Gasteiger partial charge >= 0.3 is 5.97 Å². The molecule has 0 saturated heterocycles. The van der Waals surface area contributed by atoms with Crippen molar-refractivity contribution in [2.45, 2.75) is 46.1 Å². The second kappa shape index (κ2) is 7.36. The third-order valence-corrected chi connectivity index (χ3v) is 3.82. The number of hydrogen-bond acceptors (Lipinski definition) is 5. The Hall–Kier alpha value is -1.10. The van der Waals surface area contributed by atoms with Crippen molar-refractivity contribution in [1.82, 2.24) is 4.98 Å². The third-order valence-electron chi connectivity index (χ3n) is 2.84. The fourth-order valence-electron chi connectivity index (χ4n) is 1.70. The molecule has 18 heavy (non-hydrogen) atoms. The van der Waals surface area contributed by atoms with Crippen molar-refractivity contribution in [2.75, 3.05) is 18.6 Å². The zero-order chi connectivity index (χ0) is 13.5. The van der Waals surface area contributed by atoms with Crippen molar-refractivity contribution in [3.63, 3.8) is 0 Å². The van der Waals surface area contributed by atoms with Crippen molar-refractivity contribution in [2.24, 2.45) is 0 Å². The first kappa shape index (κ1) is 15.0. The van der Waals surface area contributed by atoms with E-state index in [4.69, 9.17) is 4.74 Å². The summed E-state index contributed by atoms with van der Waals surface area (Å²) >= 11 is 1.58. The Balaban J connectivity index is 2.59. The molecule has 0 fully saturated rings. The second-order valence-electron chi connectivity index (χ2n) is 4.35. The van der Waals surface area contributed by atoms with Crippen LogP contribution >= 0.6 is 11.3 Å². The van der Waals surface area contributed by atoms with E-state index in [1.165, 1.54) is 0 Å². The summed E-state index contributed by atoms with van der Waals surface area (Å²) in [7, 11) is 2.05. The van der Waals surface area contributed by atoms with E-state index in [0.717, 1.165) is 23.7 Å². The third kappa shape index (κ3) is 4.29. The van der Waals surface area contributed by atoms with Crippen molar-refractivity contribution >= 4 is 22.4 Å². The predicted molar refractivity (Wildman–Crippen MR) is 75.2 cm³/mol. The van der Waals surface area contributed by atoms with Gasteiger partial charge in [-0.05, 0) is 20.3 Å². The van der Waals surface area contributed by atoms with Gasteiger partial charge in [-0.1, -0.05) is 13.3 Å². The normalized spacial score (nSPS) is 12.2. The summed E-state index contributed by atoms with van der Waals surface area (Å²) in [6.45, 7) is 6.60. The highest BCUT2D eigenvalue weighted by Gasteiger charge is 2.14. The van der Waals surface area contributed by atoms with Gasteiger partial charge in [-0.2, -0.15) is 0 Å². The number of carbonyl (C=O) groups is 1. The first-order valence-electron chi connectivity index (χ1n) is 6.41. The highest BCUT2D eigenvalue weighted by Crippen LogP contribution is 2.22. The fraction of sp³-hybridized carbons (Fsp3) is 0.692. The van der Waals surface area contributed by atoms with Gasteiger partial charge in [-0.3, -0.25) is 4.79 Å². The molecular weight excluding hydrogens is 248 g/mol. The molecule has 0 aliphatic heterocycles. The number of nitrogens with zero attached hydrogens (tertiary/aromatic N) is 2. The Morgan fingerprint density at radius 1 is 1.56 bits per heavy atom. The van der Waals surface area contributed by atoms with E-state index in [9.17, 15) is 4.79 Å². The number of aromatic nitrogens is 1. The summed E-state index contributed by atoms with van der Waals surface area (Å²) in [4.78, 5) is 18.0. The van der Waals surface area contributed by atoms with Gasteiger partial charge in [0, 0.05) is 18.5 Å². The summed E-state index contributed by atoms with van der Waals surface area (Å²) in [6.07, 6.45) is 2.57. The first-order chi connectivity index (χ1) is 8.58. The lowest BCUT2D eigenvalue weighted by Crippen LogP contribution is -2.28. The van der Waals surface area contributed by atoms with Gasteiger partial charge in [0.15, 0.2) is 5.13 Å². The average Bonchev–Trinajstić information content (AvgIpc) is 2.77. The van der Waals surface area contributed by atoms with Gasteiger partial charge in [-0.25, -0.2) is 4.98 Å². The number of carbonyl (C=O) groups excluding carboxylic acids is 1. The van der Waals surface area contributed by atoms with Crippen LogP contribution < -0.4 is 4.90 Å². The van der Waals surface area contributed by atoms with Gasteiger partial charge in [0.1, 0.15) is 0 Å². The minimum Gasteiger partial charge on any atom is -0.466 e. The molecule has 5 heteroatoms. The van der Waals surface area contributed by atoms with Gasteiger partial charge in [0.05, 0.1) is 18.7 Å². The Morgan fingerprint density at radius 3 is 2.89 bits per heavy atom. The SMILES string of the molecule is CCCC(C)N(C)c1nc(CC(=O)OCC)cs1. The second-order valence-corrected chi connectivity index (χ2v) is 5.19. The molecular formula is C13H22N2O2S. The summed E-state index contributed by atoms with van der Waals surface area (Å²) in [5.74, 6) is -0.210. The van der Waals surface area contributed by atoms with Crippen LogP contribution in [-0.2, 0) is 16.0 Å². The molecule has 0 bridgehead atoms. The topological polar surface area (TPSA) is 42.4 Å². The smallest absolute Gasteiger partial charge is 0.311 e. The molecule has 4 nitrogen and oxygen atoms in total. The zero-order valence-corrected chi connectivity index (χ0v) is 12.4. The summed E-state index contributed by atoms with van der Waals surface area (Å²) < 4.78 is 4.91. The molecule has 0 saturated carbocycles. The summed E-state index contributed by atoms with van der Waals surface area (Å²) in [5.41, 5.74) is 0.795. The van der Waals surface area contributed by atoms with Crippen molar-refractivity contribution in [3.05, 3.63) is 11.1 Å². The van der Waals surface area contributed by atoms with E-state index in [-0.39, 0.29) is 12.4 Å². The van der Waals surface area contributed by atoms with E-state index < -0.39 is 0 Å². The van der Waals surface area contributed by atoms with Crippen LogP contribution in [0.2, 0.25) is 0 Å². The summed E-state index contributed by atoms with van der Waals surface area (Å²) in [6, 6.07) is 0.469. The largest absolute Gasteiger partial charge is 0.466 e. The Morgan fingerprint density at radius 2 is 2.28 bits per heavy atom. The standard InChI is InChI=1S/C13H22N2O2S/c1-5-7-10(3)15(4)13-14-11(9-18-13)8-12(16)17-6-2/h9-10H,5-8H2,1-4H3. The number of thiazole rings is 1. The van der Waals surface area contributed by atoms with Crippen LogP contribution in [0.25, 0.3) is 0 Å². The lowest BCUT2D eigenvalue weighted by Gasteiger charge is -2.23. The minimum atomic E-state index is -0.210. The molecule has 1 aromatic heterocycles. The van der Waals surface area contributed by atoms with Gasteiger partial charge in [0.25, 0.3) is 0 Å². The van der Waals surface area contributed by atoms with Crippen LogP contribution in [0.3, 0.4) is 0 Å². The minimum absolute atomic E-state index is 0.210. The maximum atomic E-state index is 11.4. The van der Waals surface area contributed by atoms with E-state index >= 15 is 0 Å². The number of ether oxygens (including phenoxy) is 1. The van der Waals surface area contributed by atoms with Crippen LogP contribution in [-0.4, -0.2) is 30.6 Å². The lowest BCUT2D eigenvalue weighted by atomic mass is 10.2. The van der Waals surface area contributed by atoms with Crippen molar-refractivity contribution in [3.8, 4) is 0 Å². The predicted octanol–water partition coefficient (Wildman–Crippen LogP) is 2.87. The maximum Gasteiger partial charge on any atom is 0.311 e. The van der Waals surface area contributed by atoms with Gasteiger partial charge in [0.2, 0.25) is 0 Å². The van der Waals surface area contributed by atoms with E-state index in [1.54, 1.807) is 11.3 Å². The van der Waals surface area contributed by atoms with Crippen LogP contribution in [0.1, 0.15) is 39.3 Å². The van der Waals surface area contributed by atoms with Crippen LogP contribution in [0.15, 0.2) is 5.38 Å². The summed E-state index contributed by atoms with van der Waals surface area (Å²) in [5, 5.41) is 2.90. The number of rotatable bonds is 7.